The number of alkyl halides is 6. The third-order valence-electron chi connectivity index (χ3n) is 6.49. The van der Waals surface area contributed by atoms with Crippen molar-refractivity contribution in [3.63, 3.8) is 0 Å². The molecule has 1 atom stereocenters. The Bertz CT molecular complexity index is 1450. The van der Waals surface area contributed by atoms with Gasteiger partial charge in [0.2, 0.25) is 0 Å². The fourth-order valence-corrected chi connectivity index (χ4v) is 4.52. The standard InChI is InChI=1S/C26H22F6N6/c1-15-4-3-11-38(15)14-17-12-21(36-22-9-6-16(13-34-22)25(27,28)29)18-7-8-20(37-24(18)35-17)23-19(26(30,31)32)5-2-10-33-23/h2,5-10,12-13,15H,3-4,11,14H2,1H3,(H,34,35,36,37). The number of pyridine rings is 4. The first-order valence-corrected chi connectivity index (χ1v) is 11.9. The number of rotatable bonds is 5. The van der Waals surface area contributed by atoms with Crippen molar-refractivity contribution < 1.29 is 26.3 Å². The van der Waals surface area contributed by atoms with Gasteiger partial charge in [0.15, 0.2) is 5.65 Å². The molecule has 0 saturated carbocycles. The summed E-state index contributed by atoms with van der Waals surface area (Å²) in [6.07, 6.45) is -5.07. The SMILES string of the molecule is CC1CCCN1Cc1cc(Nc2ccc(C(F)(F)F)cn2)c2ccc(-c3ncccc3C(F)(F)F)nc2n1. The highest BCUT2D eigenvalue weighted by Gasteiger charge is 2.35. The molecule has 4 aromatic rings. The summed E-state index contributed by atoms with van der Waals surface area (Å²) >= 11 is 0. The molecule has 0 aromatic carbocycles. The van der Waals surface area contributed by atoms with Crippen LogP contribution in [0.2, 0.25) is 0 Å². The number of hydrogen-bond acceptors (Lipinski definition) is 6. The number of anilines is 2. The van der Waals surface area contributed by atoms with Crippen molar-refractivity contribution >= 4 is 22.5 Å². The summed E-state index contributed by atoms with van der Waals surface area (Å²) in [5.41, 5.74) is -0.846. The number of aromatic nitrogens is 4. The van der Waals surface area contributed by atoms with E-state index in [1.54, 1.807) is 12.1 Å². The van der Waals surface area contributed by atoms with Crippen LogP contribution < -0.4 is 5.32 Å². The van der Waals surface area contributed by atoms with E-state index in [9.17, 15) is 26.3 Å². The van der Waals surface area contributed by atoms with Crippen molar-refractivity contribution in [2.75, 3.05) is 11.9 Å². The molecule has 5 rings (SSSR count). The van der Waals surface area contributed by atoms with Crippen LogP contribution in [0.4, 0.5) is 37.8 Å². The minimum absolute atomic E-state index is 0.00298. The van der Waals surface area contributed by atoms with Crippen LogP contribution in [0.5, 0.6) is 0 Å². The Kier molecular flexibility index (Phi) is 6.68. The minimum atomic E-state index is -4.62. The molecule has 12 heteroatoms. The van der Waals surface area contributed by atoms with E-state index in [4.69, 9.17) is 0 Å². The molecule has 6 nitrogen and oxygen atoms in total. The van der Waals surface area contributed by atoms with Crippen molar-refractivity contribution in [3.8, 4) is 11.4 Å². The Morgan fingerprint density at radius 1 is 0.974 bits per heavy atom. The fraction of sp³-hybridized carbons (Fsp3) is 0.308. The second-order valence-corrected chi connectivity index (χ2v) is 9.14. The van der Waals surface area contributed by atoms with Crippen LogP contribution in [0.3, 0.4) is 0 Å². The van der Waals surface area contributed by atoms with Gasteiger partial charge in [-0.3, -0.25) is 9.88 Å². The largest absolute Gasteiger partial charge is 0.418 e. The quantitative estimate of drug-likeness (QED) is 0.284. The van der Waals surface area contributed by atoms with Gasteiger partial charge in [-0.05, 0) is 68.8 Å². The molecule has 1 N–H and O–H groups in total. The number of halogens is 6. The van der Waals surface area contributed by atoms with Crippen LogP contribution in [-0.4, -0.2) is 37.4 Å². The monoisotopic (exact) mass is 532 g/mol. The van der Waals surface area contributed by atoms with Gasteiger partial charge in [0.05, 0.1) is 28.2 Å². The maximum absolute atomic E-state index is 13.6. The molecule has 0 spiro atoms. The highest BCUT2D eigenvalue weighted by Crippen LogP contribution is 2.36. The van der Waals surface area contributed by atoms with Gasteiger partial charge in [-0.15, -0.1) is 0 Å². The number of likely N-dealkylation sites (tertiary alicyclic amines) is 1. The maximum Gasteiger partial charge on any atom is 0.418 e. The zero-order chi connectivity index (χ0) is 27.1. The van der Waals surface area contributed by atoms with E-state index in [0.29, 0.717) is 29.4 Å². The summed E-state index contributed by atoms with van der Waals surface area (Å²) < 4.78 is 79.7. The second kappa shape index (κ2) is 9.82. The van der Waals surface area contributed by atoms with Crippen molar-refractivity contribution in [1.29, 1.82) is 0 Å². The van der Waals surface area contributed by atoms with E-state index in [0.717, 1.165) is 37.7 Å². The van der Waals surface area contributed by atoms with Crippen LogP contribution in [0.25, 0.3) is 22.4 Å². The molecule has 38 heavy (non-hydrogen) atoms. The summed E-state index contributed by atoms with van der Waals surface area (Å²) in [5.74, 6) is 0.166. The molecule has 1 fully saturated rings. The van der Waals surface area contributed by atoms with Crippen LogP contribution in [0.1, 0.15) is 36.6 Å². The molecule has 0 aliphatic carbocycles. The molecule has 1 aliphatic heterocycles. The summed E-state index contributed by atoms with van der Waals surface area (Å²) in [6, 6.07) is 9.35. The van der Waals surface area contributed by atoms with Gasteiger partial charge in [-0.1, -0.05) is 0 Å². The van der Waals surface area contributed by atoms with Gasteiger partial charge >= 0.3 is 12.4 Å². The molecule has 0 bridgehead atoms. The lowest BCUT2D eigenvalue weighted by molar-refractivity contribution is -0.138. The number of nitrogens with one attached hydrogen (secondary N) is 1. The summed E-state index contributed by atoms with van der Waals surface area (Å²) in [5, 5.41) is 3.49. The molecule has 5 heterocycles. The van der Waals surface area contributed by atoms with E-state index in [-0.39, 0.29) is 22.9 Å². The van der Waals surface area contributed by atoms with Crippen molar-refractivity contribution in [2.24, 2.45) is 0 Å². The molecular weight excluding hydrogens is 510 g/mol. The average molecular weight is 532 g/mol. The van der Waals surface area contributed by atoms with E-state index in [1.807, 2.05) is 0 Å². The summed E-state index contributed by atoms with van der Waals surface area (Å²) in [4.78, 5) is 19.1. The molecule has 1 saturated heterocycles. The number of nitrogens with zero attached hydrogens (tertiary/aromatic N) is 5. The second-order valence-electron chi connectivity index (χ2n) is 9.14. The van der Waals surface area contributed by atoms with Crippen molar-refractivity contribution in [2.45, 2.75) is 44.7 Å². The van der Waals surface area contributed by atoms with Crippen LogP contribution in [0.15, 0.2) is 54.9 Å². The third kappa shape index (κ3) is 5.40. The van der Waals surface area contributed by atoms with Gasteiger partial charge < -0.3 is 5.32 Å². The topological polar surface area (TPSA) is 66.8 Å². The van der Waals surface area contributed by atoms with Gasteiger partial charge in [0.25, 0.3) is 0 Å². The third-order valence-corrected chi connectivity index (χ3v) is 6.49. The van der Waals surface area contributed by atoms with Gasteiger partial charge in [0, 0.05) is 30.4 Å². The Morgan fingerprint density at radius 2 is 1.79 bits per heavy atom. The summed E-state index contributed by atoms with van der Waals surface area (Å²) in [7, 11) is 0. The van der Waals surface area contributed by atoms with Crippen LogP contribution in [0, 0.1) is 0 Å². The first-order chi connectivity index (χ1) is 18.0. The van der Waals surface area contributed by atoms with E-state index < -0.39 is 23.5 Å². The Morgan fingerprint density at radius 3 is 2.45 bits per heavy atom. The average Bonchev–Trinajstić information content (AvgIpc) is 3.27. The van der Waals surface area contributed by atoms with E-state index in [2.05, 4.69) is 37.1 Å². The van der Waals surface area contributed by atoms with Gasteiger partial charge in [0.1, 0.15) is 11.5 Å². The lowest BCUT2D eigenvalue weighted by Crippen LogP contribution is -2.26. The zero-order valence-electron chi connectivity index (χ0n) is 20.1. The molecule has 0 radical (unpaired) electrons. The minimum Gasteiger partial charge on any atom is -0.340 e. The van der Waals surface area contributed by atoms with Gasteiger partial charge in [-0.2, -0.15) is 26.3 Å². The predicted molar refractivity (Wildman–Crippen MR) is 129 cm³/mol. The lowest BCUT2D eigenvalue weighted by Gasteiger charge is -2.21. The van der Waals surface area contributed by atoms with Crippen molar-refractivity contribution in [3.05, 3.63) is 71.7 Å². The van der Waals surface area contributed by atoms with Crippen LogP contribution >= 0.6 is 0 Å². The smallest absolute Gasteiger partial charge is 0.340 e. The lowest BCUT2D eigenvalue weighted by atomic mass is 10.1. The highest BCUT2D eigenvalue weighted by atomic mass is 19.4. The zero-order valence-corrected chi connectivity index (χ0v) is 20.1. The molecule has 4 aromatic heterocycles. The van der Waals surface area contributed by atoms with E-state index >= 15 is 0 Å². The molecule has 0 amide bonds. The van der Waals surface area contributed by atoms with Gasteiger partial charge in [-0.25, -0.2) is 15.0 Å². The first-order valence-electron chi connectivity index (χ1n) is 11.9. The Labute approximate surface area is 213 Å². The number of fused-ring (bicyclic) bond motifs is 1. The first kappa shape index (κ1) is 25.8. The molecular formula is C26H22F6N6. The predicted octanol–water partition coefficient (Wildman–Crippen LogP) is 6.85. The van der Waals surface area contributed by atoms with Crippen LogP contribution in [-0.2, 0) is 18.9 Å². The Hall–Kier alpha value is -3.80. The fourth-order valence-electron chi connectivity index (χ4n) is 4.52. The van der Waals surface area contributed by atoms with Crippen molar-refractivity contribution in [1.82, 2.24) is 24.8 Å². The molecule has 198 valence electrons. The van der Waals surface area contributed by atoms with E-state index in [1.165, 1.54) is 24.4 Å². The maximum atomic E-state index is 13.6. The molecule has 1 unspecified atom stereocenters. The molecule has 1 aliphatic rings. The summed E-state index contributed by atoms with van der Waals surface area (Å²) in [6.45, 7) is 3.46. The highest BCUT2D eigenvalue weighted by molar-refractivity contribution is 5.92. The normalized spacial score (nSPS) is 16.8. The number of hydrogen-bond donors (Lipinski definition) is 1. The Balaban J connectivity index is 1.58.